The number of benzene rings is 1. The number of anilines is 1. The standard InChI is InChI=1S/C11H16N2OS2/c1-3-8-16-11(15)13(12)9-6-4-5-7-10(9)14-2/h4-7H,3,8,12H2,1-2H3. The van der Waals surface area contributed by atoms with E-state index in [0.717, 1.165) is 23.6 Å². The van der Waals surface area contributed by atoms with Crippen molar-refractivity contribution in [2.24, 2.45) is 5.84 Å². The normalized spacial score (nSPS) is 9.94. The molecule has 1 aromatic carbocycles. The highest BCUT2D eigenvalue weighted by Crippen LogP contribution is 2.27. The highest BCUT2D eigenvalue weighted by molar-refractivity contribution is 8.23. The molecule has 0 heterocycles. The first kappa shape index (κ1) is 13.3. The molecule has 0 aliphatic rings. The molecule has 2 N–H and O–H groups in total. The molecule has 0 saturated heterocycles. The van der Waals surface area contributed by atoms with E-state index in [9.17, 15) is 0 Å². The average molecular weight is 256 g/mol. The Morgan fingerprint density at radius 3 is 2.81 bits per heavy atom. The Morgan fingerprint density at radius 1 is 1.50 bits per heavy atom. The van der Waals surface area contributed by atoms with Gasteiger partial charge in [-0.15, -0.1) is 0 Å². The lowest BCUT2D eigenvalue weighted by Gasteiger charge is -2.20. The maximum atomic E-state index is 5.95. The maximum Gasteiger partial charge on any atom is 0.155 e. The molecular weight excluding hydrogens is 240 g/mol. The van der Waals surface area contributed by atoms with Gasteiger partial charge in [-0.25, -0.2) is 5.84 Å². The number of hydrogen-bond donors (Lipinski definition) is 1. The van der Waals surface area contributed by atoms with Crippen LogP contribution < -0.4 is 15.6 Å². The van der Waals surface area contributed by atoms with Gasteiger partial charge in [-0.2, -0.15) is 0 Å². The quantitative estimate of drug-likeness (QED) is 0.509. The Morgan fingerprint density at radius 2 is 2.19 bits per heavy atom. The molecule has 0 radical (unpaired) electrons. The Bertz CT molecular complexity index is 358. The molecule has 16 heavy (non-hydrogen) atoms. The van der Waals surface area contributed by atoms with Gasteiger partial charge in [-0.1, -0.05) is 43.0 Å². The van der Waals surface area contributed by atoms with Crippen LogP contribution in [-0.2, 0) is 0 Å². The SMILES string of the molecule is CCCSC(=S)N(N)c1ccccc1OC. The second-order valence-electron chi connectivity index (χ2n) is 3.16. The van der Waals surface area contributed by atoms with Crippen LogP contribution in [0, 0.1) is 0 Å². The predicted molar refractivity (Wildman–Crippen MR) is 75.0 cm³/mol. The van der Waals surface area contributed by atoms with Crippen LogP contribution in [0.25, 0.3) is 0 Å². The molecule has 3 nitrogen and oxygen atoms in total. The Kier molecular flexibility index (Phi) is 5.59. The van der Waals surface area contributed by atoms with E-state index < -0.39 is 0 Å². The number of ether oxygens (including phenoxy) is 1. The second-order valence-corrected chi connectivity index (χ2v) is 4.88. The molecule has 88 valence electrons. The van der Waals surface area contributed by atoms with Crippen LogP contribution in [0.3, 0.4) is 0 Å². The van der Waals surface area contributed by atoms with E-state index in [4.69, 9.17) is 22.8 Å². The zero-order valence-electron chi connectivity index (χ0n) is 9.47. The summed E-state index contributed by atoms with van der Waals surface area (Å²) >= 11 is 6.82. The van der Waals surface area contributed by atoms with Crippen molar-refractivity contribution < 1.29 is 4.74 Å². The molecule has 0 aliphatic carbocycles. The van der Waals surface area contributed by atoms with Crippen LogP contribution in [0.15, 0.2) is 24.3 Å². The van der Waals surface area contributed by atoms with Crippen LogP contribution in [0.1, 0.15) is 13.3 Å². The fourth-order valence-electron chi connectivity index (χ4n) is 1.19. The van der Waals surface area contributed by atoms with Gasteiger partial charge in [0.15, 0.2) is 4.32 Å². The minimum Gasteiger partial charge on any atom is -0.495 e. The van der Waals surface area contributed by atoms with Gasteiger partial charge in [0, 0.05) is 5.75 Å². The number of methoxy groups -OCH3 is 1. The monoisotopic (exact) mass is 256 g/mol. The number of hydrogen-bond acceptors (Lipinski definition) is 4. The van der Waals surface area contributed by atoms with Crippen LogP contribution in [0.2, 0.25) is 0 Å². The minimum atomic E-state index is 0.659. The summed E-state index contributed by atoms with van der Waals surface area (Å²) in [6.07, 6.45) is 1.07. The van der Waals surface area contributed by atoms with Crippen molar-refractivity contribution in [3.05, 3.63) is 24.3 Å². The van der Waals surface area contributed by atoms with Crippen molar-refractivity contribution in [1.82, 2.24) is 0 Å². The smallest absolute Gasteiger partial charge is 0.155 e. The fourth-order valence-corrected chi connectivity index (χ4v) is 2.15. The molecule has 1 aromatic rings. The third-order valence-electron chi connectivity index (χ3n) is 1.97. The van der Waals surface area contributed by atoms with E-state index in [-0.39, 0.29) is 0 Å². The van der Waals surface area contributed by atoms with Crippen molar-refractivity contribution in [1.29, 1.82) is 0 Å². The number of hydrazine groups is 1. The highest BCUT2D eigenvalue weighted by atomic mass is 32.2. The first-order valence-electron chi connectivity index (χ1n) is 5.05. The van der Waals surface area contributed by atoms with Gasteiger partial charge >= 0.3 is 0 Å². The van der Waals surface area contributed by atoms with E-state index in [0.29, 0.717) is 4.32 Å². The largest absolute Gasteiger partial charge is 0.495 e. The fraction of sp³-hybridized carbons (Fsp3) is 0.364. The topological polar surface area (TPSA) is 38.5 Å². The second kappa shape index (κ2) is 6.73. The minimum absolute atomic E-state index is 0.659. The summed E-state index contributed by atoms with van der Waals surface area (Å²) in [7, 11) is 1.62. The van der Waals surface area contributed by atoms with Gasteiger partial charge in [-0.05, 0) is 18.6 Å². The van der Waals surface area contributed by atoms with Gasteiger partial charge in [-0.3, -0.25) is 5.01 Å². The van der Waals surface area contributed by atoms with Crippen molar-refractivity contribution in [3.8, 4) is 5.75 Å². The lowest BCUT2D eigenvalue weighted by molar-refractivity contribution is 0.415. The molecule has 0 unspecified atom stereocenters. The Hall–Kier alpha value is -0.780. The zero-order valence-corrected chi connectivity index (χ0v) is 11.1. The first-order chi connectivity index (χ1) is 7.70. The average Bonchev–Trinajstić information content (AvgIpc) is 2.34. The molecule has 5 heteroatoms. The molecule has 0 bridgehead atoms. The van der Waals surface area contributed by atoms with E-state index in [1.807, 2.05) is 24.3 Å². The summed E-state index contributed by atoms with van der Waals surface area (Å²) in [6.45, 7) is 2.11. The molecule has 0 aliphatic heterocycles. The maximum absolute atomic E-state index is 5.95. The Balaban J connectivity index is 2.78. The molecule has 0 saturated carbocycles. The van der Waals surface area contributed by atoms with Gasteiger partial charge in [0.1, 0.15) is 11.4 Å². The molecular formula is C11H16N2OS2. The summed E-state index contributed by atoms with van der Waals surface area (Å²) in [6, 6.07) is 7.56. The van der Waals surface area contributed by atoms with Crippen molar-refractivity contribution in [2.45, 2.75) is 13.3 Å². The Labute approximate surface area is 106 Å². The van der Waals surface area contributed by atoms with Crippen LogP contribution in [0.5, 0.6) is 5.75 Å². The van der Waals surface area contributed by atoms with Gasteiger partial charge in [0.2, 0.25) is 0 Å². The lowest BCUT2D eigenvalue weighted by Crippen LogP contribution is -2.34. The number of nitrogens with two attached hydrogens (primary N) is 1. The van der Waals surface area contributed by atoms with E-state index in [1.165, 1.54) is 5.01 Å². The summed E-state index contributed by atoms with van der Waals surface area (Å²) < 4.78 is 5.89. The van der Waals surface area contributed by atoms with E-state index in [1.54, 1.807) is 18.9 Å². The van der Waals surface area contributed by atoms with E-state index >= 15 is 0 Å². The van der Waals surface area contributed by atoms with Gasteiger partial charge in [0.05, 0.1) is 7.11 Å². The number of para-hydroxylation sites is 2. The van der Waals surface area contributed by atoms with Gasteiger partial charge < -0.3 is 4.74 Å². The van der Waals surface area contributed by atoms with Crippen molar-refractivity contribution in [3.63, 3.8) is 0 Å². The van der Waals surface area contributed by atoms with E-state index in [2.05, 4.69) is 6.92 Å². The third kappa shape index (κ3) is 3.37. The summed E-state index contributed by atoms with van der Waals surface area (Å²) in [5.74, 6) is 7.65. The molecule has 0 amide bonds. The third-order valence-corrected chi connectivity index (χ3v) is 3.58. The molecule has 1 rings (SSSR count). The highest BCUT2D eigenvalue weighted by Gasteiger charge is 2.12. The number of thiocarbonyl (C=S) groups is 1. The molecule has 0 aromatic heterocycles. The summed E-state index contributed by atoms with van der Waals surface area (Å²) in [4.78, 5) is 0. The molecule has 0 spiro atoms. The summed E-state index contributed by atoms with van der Waals surface area (Å²) in [5, 5.41) is 1.49. The molecule has 0 fully saturated rings. The van der Waals surface area contributed by atoms with Gasteiger partial charge in [0.25, 0.3) is 0 Å². The van der Waals surface area contributed by atoms with Crippen LogP contribution in [0.4, 0.5) is 5.69 Å². The first-order valence-corrected chi connectivity index (χ1v) is 6.44. The predicted octanol–water partition coefficient (Wildman–Crippen LogP) is 2.80. The number of nitrogens with zero attached hydrogens (tertiary/aromatic N) is 1. The van der Waals surface area contributed by atoms with Crippen molar-refractivity contribution in [2.75, 3.05) is 17.9 Å². The number of thioether (sulfide) groups is 1. The zero-order chi connectivity index (χ0) is 12.0. The number of rotatable bonds is 4. The lowest BCUT2D eigenvalue weighted by atomic mass is 10.3. The summed E-state index contributed by atoms with van der Waals surface area (Å²) in [5.41, 5.74) is 0.790. The molecule has 0 atom stereocenters. The van der Waals surface area contributed by atoms with Crippen LogP contribution >= 0.6 is 24.0 Å². The van der Waals surface area contributed by atoms with Crippen molar-refractivity contribution >= 4 is 34.0 Å². The van der Waals surface area contributed by atoms with Crippen LogP contribution in [-0.4, -0.2) is 17.2 Å².